The van der Waals surface area contributed by atoms with Crippen LogP contribution in [0.2, 0.25) is 0 Å². The van der Waals surface area contributed by atoms with E-state index in [1.807, 2.05) is 0 Å². The standard InChI is InChI=1S/C22H21FN4O6S/c1-3-22(30)14-5-18-19-12(8-27(18)20(28)13(14)9-33-21(22)29)11(7-25-34(2,31)32)10-4-16(24)15(23)6-17(10)26-19/h4-6,25,30H,3,7-9,24H2,1-2H3/t22-/m0/s1. The molecule has 0 spiro atoms. The molecule has 12 heteroatoms. The molecule has 0 saturated carbocycles. The summed E-state index contributed by atoms with van der Waals surface area (Å²) in [6.07, 6.45) is 1.01. The fourth-order valence-electron chi connectivity index (χ4n) is 4.61. The zero-order chi connectivity index (χ0) is 24.6. The van der Waals surface area contributed by atoms with E-state index in [4.69, 9.17) is 10.5 Å². The number of nitrogens with one attached hydrogen (secondary N) is 1. The molecule has 2 aliphatic heterocycles. The van der Waals surface area contributed by atoms with E-state index in [-0.39, 0.29) is 48.4 Å². The Kier molecular flexibility index (Phi) is 4.83. The number of sulfonamides is 1. The van der Waals surface area contributed by atoms with Gasteiger partial charge in [0.1, 0.15) is 12.4 Å². The number of aromatic nitrogens is 2. The van der Waals surface area contributed by atoms with Gasteiger partial charge in [0.2, 0.25) is 10.0 Å². The lowest BCUT2D eigenvalue weighted by Gasteiger charge is -2.31. The van der Waals surface area contributed by atoms with Crippen LogP contribution in [-0.4, -0.2) is 35.3 Å². The van der Waals surface area contributed by atoms with Crippen molar-refractivity contribution in [1.82, 2.24) is 14.3 Å². The van der Waals surface area contributed by atoms with E-state index in [0.29, 0.717) is 27.9 Å². The first kappa shape index (κ1) is 22.4. The zero-order valence-corrected chi connectivity index (χ0v) is 19.1. The first-order chi connectivity index (χ1) is 15.9. The number of esters is 1. The molecular formula is C22H21FN4O6S. The number of fused-ring (bicyclic) bond motifs is 5. The number of benzene rings is 1. The Labute approximate surface area is 193 Å². The van der Waals surface area contributed by atoms with Crippen molar-refractivity contribution in [2.45, 2.75) is 38.6 Å². The van der Waals surface area contributed by atoms with Crippen molar-refractivity contribution >= 4 is 32.6 Å². The minimum Gasteiger partial charge on any atom is -0.458 e. The van der Waals surface area contributed by atoms with Gasteiger partial charge in [-0.2, -0.15) is 0 Å². The molecule has 1 atom stereocenters. The molecule has 0 fully saturated rings. The van der Waals surface area contributed by atoms with Gasteiger partial charge in [0.25, 0.3) is 5.56 Å². The van der Waals surface area contributed by atoms with Crippen LogP contribution in [0.3, 0.4) is 0 Å². The molecule has 0 aliphatic carbocycles. The number of halogens is 1. The van der Waals surface area contributed by atoms with E-state index in [0.717, 1.165) is 12.3 Å². The molecule has 2 aliphatic rings. The van der Waals surface area contributed by atoms with Gasteiger partial charge in [0.05, 0.1) is 41.0 Å². The van der Waals surface area contributed by atoms with Crippen molar-refractivity contribution in [3.05, 3.63) is 56.6 Å². The Balaban J connectivity index is 1.81. The molecule has 0 amide bonds. The van der Waals surface area contributed by atoms with Crippen LogP contribution in [0.15, 0.2) is 23.0 Å². The normalized spacial score (nSPS) is 19.0. The highest BCUT2D eigenvalue weighted by molar-refractivity contribution is 7.88. The third-order valence-corrected chi connectivity index (χ3v) is 7.10. The van der Waals surface area contributed by atoms with Crippen LogP contribution in [0.4, 0.5) is 10.1 Å². The van der Waals surface area contributed by atoms with Crippen molar-refractivity contribution in [3.8, 4) is 11.4 Å². The summed E-state index contributed by atoms with van der Waals surface area (Å²) in [6, 6.07) is 4.07. The average molecular weight is 488 g/mol. The van der Waals surface area contributed by atoms with Gasteiger partial charge in [-0.05, 0) is 24.1 Å². The van der Waals surface area contributed by atoms with E-state index in [9.17, 15) is 27.5 Å². The number of cyclic esters (lactones) is 1. The molecule has 178 valence electrons. The molecule has 34 heavy (non-hydrogen) atoms. The van der Waals surface area contributed by atoms with Gasteiger partial charge in [0.15, 0.2) is 5.60 Å². The third kappa shape index (κ3) is 3.21. The summed E-state index contributed by atoms with van der Waals surface area (Å²) in [5, 5.41) is 11.4. The van der Waals surface area contributed by atoms with Gasteiger partial charge < -0.3 is 20.1 Å². The minimum absolute atomic E-state index is 0.00620. The first-order valence-electron chi connectivity index (χ1n) is 10.5. The molecule has 4 N–H and O–H groups in total. The van der Waals surface area contributed by atoms with Crippen molar-refractivity contribution < 1.29 is 27.4 Å². The summed E-state index contributed by atoms with van der Waals surface area (Å²) in [4.78, 5) is 30.2. The van der Waals surface area contributed by atoms with E-state index in [2.05, 4.69) is 9.71 Å². The number of nitrogens with two attached hydrogens (primary N) is 1. The van der Waals surface area contributed by atoms with Crippen LogP contribution < -0.4 is 16.0 Å². The largest absolute Gasteiger partial charge is 0.458 e. The summed E-state index contributed by atoms with van der Waals surface area (Å²) in [5.74, 6) is -1.53. The molecule has 0 bridgehead atoms. The van der Waals surface area contributed by atoms with Gasteiger partial charge in [-0.1, -0.05) is 6.92 Å². The molecule has 0 radical (unpaired) electrons. The molecule has 0 unspecified atom stereocenters. The molecular weight excluding hydrogens is 467 g/mol. The predicted molar refractivity (Wildman–Crippen MR) is 121 cm³/mol. The van der Waals surface area contributed by atoms with Gasteiger partial charge in [-0.3, -0.25) is 4.79 Å². The number of hydrogen-bond acceptors (Lipinski definition) is 8. The first-order valence-corrected chi connectivity index (χ1v) is 12.4. The molecule has 2 aromatic heterocycles. The Morgan fingerprint density at radius 1 is 1.29 bits per heavy atom. The maximum absolute atomic E-state index is 14.3. The Morgan fingerprint density at radius 2 is 2.03 bits per heavy atom. The zero-order valence-electron chi connectivity index (χ0n) is 18.3. The third-order valence-electron chi connectivity index (χ3n) is 6.44. The van der Waals surface area contributed by atoms with Crippen molar-refractivity contribution in [2.75, 3.05) is 12.0 Å². The second-order valence-corrected chi connectivity index (χ2v) is 10.3. The van der Waals surface area contributed by atoms with E-state index >= 15 is 0 Å². The Morgan fingerprint density at radius 3 is 2.71 bits per heavy atom. The predicted octanol–water partition coefficient (Wildman–Crippen LogP) is 0.850. The number of anilines is 1. The SMILES string of the molecule is CC[C@@]1(O)C(=O)OCc2c1cc1n(c2=O)Cc2c-1nc1cc(F)c(N)cc1c2CNS(C)(=O)=O. The average Bonchev–Trinajstić information content (AvgIpc) is 3.13. The van der Waals surface area contributed by atoms with Gasteiger partial charge >= 0.3 is 5.97 Å². The van der Waals surface area contributed by atoms with Gasteiger partial charge in [0, 0.05) is 29.1 Å². The fourth-order valence-corrected chi connectivity index (χ4v) is 5.01. The van der Waals surface area contributed by atoms with Crippen LogP contribution in [-0.2, 0) is 44.9 Å². The molecule has 5 rings (SSSR count). The maximum atomic E-state index is 14.3. The highest BCUT2D eigenvalue weighted by Gasteiger charge is 2.45. The Bertz CT molecular complexity index is 1580. The number of rotatable bonds is 4. The number of pyridine rings is 2. The van der Waals surface area contributed by atoms with E-state index in [1.165, 1.54) is 16.7 Å². The number of ether oxygens (including phenoxy) is 1. The number of carbonyl (C=O) groups excluding carboxylic acids is 1. The maximum Gasteiger partial charge on any atom is 0.343 e. The highest BCUT2D eigenvalue weighted by Crippen LogP contribution is 2.40. The number of nitrogen functional groups attached to an aromatic ring is 1. The summed E-state index contributed by atoms with van der Waals surface area (Å²) in [5.41, 5.74) is 5.45. The summed E-state index contributed by atoms with van der Waals surface area (Å²) in [7, 11) is -3.57. The summed E-state index contributed by atoms with van der Waals surface area (Å²) >= 11 is 0. The lowest BCUT2D eigenvalue weighted by atomic mass is 9.86. The topological polar surface area (TPSA) is 154 Å². The second kappa shape index (κ2) is 7.32. The summed E-state index contributed by atoms with van der Waals surface area (Å²) < 4.78 is 46.8. The molecule has 10 nitrogen and oxygen atoms in total. The van der Waals surface area contributed by atoms with Gasteiger partial charge in [-0.25, -0.2) is 27.3 Å². The molecule has 1 aromatic carbocycles. The molecule has 3 aromatic rings. The monoisotopic (exact) mass is 488 g/mol. The van der Waals surface area contributed by atoms with Crippen molar-refractivity contribution in [1.29, 1.82) is 0 Å². The second-order valence-electron chi connectivity index (χ2n) is 8.50. The van der Waals surface area contributed by atoms with E-state index < -0.39 is 33.0 Å². The number of nitrogens with zero attached hydrogens (tertiary/aromatic N) is 2. The van der Waals surface area contributed by atoms with Crippen LogP contribution >= 0.6 is 0 Å². The number of aliphatic hydroxyl groups is 1. The van der Waals surface area contributed by atoms with Gasteiger partial charge in [-0.15, -0.1) is 0 Å². The number of hydrogen-bond donors (Lipinski definition) is 3. The van der Waals surface area contributed by atoms with Crippen LogP contribution in [0.1, 0.15) is 35.6 Å². The Hall–Kier alpha value is -3.35. The smallest absolute Gasteiger partial charge is 0.343 e. The van der Waals surface area contributed by atoms with Crippen LogP contribution in [0.25, 0.3) is 22.3 Å². The van der Waals surface area contributed by atoms with E-state index in [1.54, 1.807) is 6.92 Å². The van der Waals surface area contributed by atoms with Crippen molar-refractivity contribution in [3.63, 3.8) is 0 Å². The lowest BCUT2D eigenvalue weighted by molar-refractivity contribution is -0.172. The number of carbonyl (C=O) groups is 1. The quantitative estimate of drug-likeness (QED) is 0.282. The molecule has 0 saturated heterocycles. The lowest BCUT2D eigenvalue weighted by Crippen LogP contribution is -2.44. The van der Waals surface area contributed by atoms with Crippen LogP contribution in [0, 0.1) is 5.82 Å². The van der Waals surface area contributed by atoms with Crippen LogP contribution in [0.5, 0.6) is 0 Å². The minimum atomic E-state index is -3.57. The molecule has 4 heterocycles. The summed E-state index contributed by atoms with van der Waals surface area (Å²) in [6.45, 7) is 1.26. The van der Waals surface area contributed by atoms with Crippen molar-refractivity contribution in [2.24, 2.45) is 0 Å². The fraction of sp³-hybridized carbons (Fsp3) is 0.318. The highest BCUT2D eigenvalue weighted by atomic mass is 32.2.